The molecule has 0 fully saturated rings. The Morgan fingerprint density at radius 3 is 2.44 bits per heavy atom. The first-order chi connectivity index (χ1) is 19.9. The average Bonchev–Trinajstić information content (AvgIpc) is 3.18. The Morgan fingerprint density at radius 1 is 0.927 bits per heavy atom. The number of pyridine rings is 1. The first-order valence-electron chi connectivity index (χ1n) is 13.4. The number of carboxylic acids is 1. The molecule has 0 aliphatic carbocycles. The molecule has 0 saturated heterocycles. The van der Waals surface area contributed by atoms with Crippen LogP contribution in [0.2, 0.25) is 0 Å². The van der Waals surface area contributed by atoms with Crippen LogP contribution < -0.4 is 21.1 Å². The highest BCUT2D eigenvalue weighted by Crippen LogP contribution is 2.41. The Bertz CT molecular complexity index is 1630. The Balaban J connectivity index is 1.67. The number of anilines is 1. The molecule has 0 bridgehead atoms. The van der Waals surface area contributed by atoms with Gasteiger partial charge in [0.05, 0.1) is 6.61 Å². The quantitative estimate of drug-likeness (QED) is 0.244. The molecular weight excluding hydrogens is 520 g/mol. The number of carbonyl (C=O) groups excluding carboxylic acids is 2. The van der Waals surface area contributed by atoms with Gasteiger partial charge in [-0.3, -0.25) is 9.59 Å². The van der Waals surface area contributed by atoms with E-state index in [9.17, 15) is 19.5 Å². The largest absolute Gasteiger partial charge is 0.493 e. The normalized spacial score (nSPS) is 11.9. The first-order valence-corrected chi connectivity index (χ1v) is 13.4. The van der Waals surface area contributed by atoms with E-state index in [4.69, 9.17) is 10.5 Å². The molecule has 9 heteroatoms. The molecule has 0 atom stereocenters. The van der Waals surface area contributed by atoms with Crippen LogP contribution in [-0.4, -0.2) is 41.0 Å². The fourth-order valence-electron chi connectivity index (χ4n) is 4.81. The second-order valence-corrected chi connectivity index (χ2v) is 9.66. The maximum absolute atomic E-state index is 13.8. The van der Waals surface area contributed by atoms with Gasteiger partial charge in [-0.05, 0) is 59.5 Å². The lowest BCUT2D eigenvalue weighted by Crippen LogP contribution is -2.25. The molecule has 2 amide bonds. The lowest BCUT2D eigenvalue weighted by Gasteiger charge is -2.17. The average molecular weight is 551 g/mol. The van der Waals surface area contributed by atoms with Crippen molar-refractivity contribution in [2.75, 3.05) is 18.5 Å². The summed E-state index contributed by atoms with van der Waals surface area (Å²) in [7, 11) is 0. The number of benzene rings is 3. The molecule has 41 heavy (non-hydrogen) atoms. The molecule has 1 aromatic heterocycles. The number of ether oxygens (including phenoxy) is 1. The lowest BCUT2D eigenvalue weighted by atomic mass is 9.91. The number of fused-ring (bicyclic) bond motifs is 3. The van der Waals surface area contributed by atoms with E-state index in [1.54, 1.807) is 24.3 Å². The molecule has 0 unspecified atom stereocenters. The minimum absolute atomic E-state index is 0.0227. The molecule has 1 aliphatic heterocycles. The fourth-order valence-corrected chi connectivity index (χ4v) is 4.81. The Labute approximate surface area is 237 Å². The fraction of sp³-hybridized carbons (Fsp3) is 0.188. The lowest BCUT2D eigenvalue weighted by molar-refractivity contribution is 0.0691. The minimum Gasteiger partial charge on any atom is -0.493 e. The van der Waals surface area contributed by atoms with Gasteiger partial charge in [-0.15, -0.1) is 0 Å². The molecule has 5 N–H and O–H groups in total. The predicted molar refractivity (Wildman–Crippen MR) is 156 cm³/mol. The molecule has 0 spiro atoms. The smallest absolute Gasteiger partial charge is 0.355 e. The van der Waals surface area contributed by atoms with Crippen molar-refractivity contribution in [3.63, 3.8) is 0 Å². The third-order valence-corrected chi connectivity index (χ3v) is 6.90. The van der Waals surface area contributed by atoms with Crippen molar-refractivity contribution in [3.8, 4) is 28.0 Å². The van der Waals surface area contributed by atoms with Crippen molar-refractivity contribution >= 4 is 23.5 Å². The van der Waals surface area contributed by atoms with Crippen molar-refractivity contribution in [2.45, 2.75) is 26.3 Å². The number of nitrogens with one attached hydrogen (secondary N) is 2. The third kappa shape index (κ3) is 5.80. The van der Waals surface area contributed by atoms with Crippen LogP contribution >= 0.6 is 0 Å². The van der Waals surface area contributed by atoms with Gasteiger partial charge in [0.1, 0.15) is 11.4 Å². The highest BCUT2D eigenvalue weighted by Gasteiger charge is 2.26. The number of amides is 2. The van der Waals surface area contributed by atoms with E-state index in [0.717, 1.165) is 28.7 Å². The van der Waals surface area contributed by atoms with Gasteiger partial charge >= 0.3 is 5.97 Å². The minimum atomic E-state index is -1.32. The molecule has 208 valence electrons. The molecule has 0 radical (unpaired) electrons. The van der Waals surface area contributed by atoms with Crippen molar-refractivity contribution in [2.24, 2.45) is 5.73 Å². The number of rotatable bonds is 8. The van der Waals surface area contributed by atoms with Crippen LogP contribution in [0.5, 0.6) is 5.75 Å². The molecule has 9 nitrogen and oxygen atoms in total. The summed E-state index contributed by atoms with van der Waals surface area (Å²) in [5.74, 6) is -1.71. The first kappa shape index (κ1) is 27.5. The summed E-state index contributed by atoms with van der Waals surface area (Å²) >= 11 is 0. The van der Waals surface area contributed by atoms with Crippen LogP contribution in [0.15, 0.2) is 72.8 Å². The van der Waals surface area contributed by atoms with Gasteiger partial charge in [0, 0.05) is 47.5 Å². The van der Waals surface area contributed by atoms with Crippen LogP contribution in [0.25, 0.3) is 22.3 Å². The van der Waals surface area contributed by atoms with Crippen LogP contribution in [0, 0.1) is 0 Å². The van der Waals surface area contributed by atoms with Crippen LogP contribution in [0.1, 0.15) is 55.8 Å². The highest BCUT2D eigenvalue weighted by molar-refractivity contribution is 6.11. The topological polar surface area (TPSA) is 144 Å². The molecular formula is C32H30N4O5. The van der Waals surface area contributed by atoms with Crippen molar-refractivity contribution in [1.82, 2.24) is 10.3 Å². The van der Waals surface area contributed by atoms with Gasteiger partial charge in [-0.1, -0.05) is 43.3 Å². The Morgan fingerprint density at radius 2 is 1.71 bits per heavy atom. The van der Waals surface area contributed by atoms with Crippen molar-refractivity contribution in [1.29, 1.82) is 0 Å². The SMILES string of the molecule is CCCNC(=O)c1ccc(-c2cc3c(cc2C(=O)Nc2ccc(CN)cc2)-c2ccccc2CCO3)c(C(=O)O)n1. The van der Waals surface area contributed by atoms with Gasteiger partial charge in [0.15, 0.2) is 5.69 Å². The third-order valence-electron chi connectivity index (χ3n) is 6.90. The summed E-state index contributed by atoms with van der Waals surface area (Å²) < 4.78 is 6.10. The highest BCUT2D eigenvalue weighted by atomic mass is 16.5. The van der Waals surface area contributed by atoms with E-state index < -0.39 is 17.8 Å². The summed E-state index contributed by atoms with van der Waals surface area (Å²) in [6.45, 7) is 3.14. The van der Waals surface area contributed by atoms with Gasteiger partial charge in [-0.25, -0.2) is 9.78 Å². The number of hydrogen-bond donors (Lipinski definition) is 4. The van der Waals surface area contributed by atoms with Crippen LogP contribution in [0.3, 0.4) is 0 Å². The molecule has 3 aromatic carbocycles. The van der Waals surface area contributed by atoms with Gasteiger partial charge in [-0.2, -0.15) is 0 Å². The van der Waals surface area contributed by atoms with E-state index in [1.165, 1.54) is 12.1 Å². The van der Waals surface area contributed by atoms with E-state index >= 15 is 0 Å². The predicted octanol–water partition coefficient (Wildman–Crippen LogP) is 4.90. The number of carboxylic acid groups (broad SMARTS) is 1. The number of aromatic nitrogens is 1. The number of nitrogens with two attached hydrogens (primary N) is 1. The second-order valence-electron chi connectivity index (χ2n) is 9.66. The number of carbonyl (C=O) groups is 3. The maximum Gasteiger partial charge on any atom is 0.355 e. The maximum atomic E-state index is 13.8. The zero-order chi connectivity index (χ0) is 28.9. The molecule has 2 heterocycles. The summed E-state index contributed by atoms with van der Waals surface area (Å²) in [6, 6.07) is 21.4. The van der Waals surface area contributed by atoms with Crippen LogP contribution in [0.4, 0.5) is 5.69 Å². The summed E-state index contributed by atoms with van der Waals surface area (Å²) in [5.41, 5.74) is 10.3. The number of nitrogens with zero attached hydrogens (tertiary/aromatic N) is 1. The van der Waals surface area contributed by atoms with Gasteiger partial charge < -0.3 is 26.2 Å². The van der Waals surface area contributed by atoms with Crippen molar-refractivity contribution < 1.29 is 24.2 Å². The zero-order valence-corrected chi connectivity index (χ0v) is 22.6. The van der Waals surface area contributed by atoms with Crippen molar-refractivity contribution in [3.05, 3.63) is 101 Å². The summed E-state index contributed by atoms with van der Waals surface area (Å²) in [6.07, 6.45) is 1.40. The van der Waals surface area contributed by atoms with E-state index in [2.05, 4.69) is 15.6 Å². The summed E-state index contributed by atoms with van der Waals surface area (Å²) in [5, 5.41) is 15.7. The molecule has 0 saturated carbocycles. The van der Waals surface area contributed by atoms with E-state index in [1.807, 2.05) is 43.3 Å². The van der Waals surface area contributed by atoms with E-state index in [0.29, 0.717) is 43.1 Å². The monoisotopic (exact) mass is 550 g/mol. The van der Waals surface area contributed by atoms with Gasteiger partial charge in [0.2, 0.25) is 0 Å². The standard InChI is InChI=1S/C32H30N4O5/c1-2-14-34-31(38)27-12-11-23(29(36-27)32(39)40)24-17-28-25(22-6-4-3-5-20(22)13-15-41-28)16-26(24)30(37)35-21-9-7-19(18-33)8-10-21/h3-12,16-17H,2,13-15,18,33H2,1H3,(H,34,38)(H,35,37)(H,39,40). The summed E-state index contributed by atoms with van der Waals surface area (Å²) in [4.78, 5) is 42.9. The zero-order valence-electron chi connectivity index (χ0n) is 22.6. The second kappa shape index (κ2) is 12.0. The molecule has 4 aromatic rings. The van der Waals surface area contributed by atoms with E-state index in [-0.39, 0.29) is 22.5 Å². The number of aromatic carboxylic acids is 1. The number of hydrogen-bond acceptors (Lipinski definition) is 6. The Kier molecular flexibility index (Phi) is 8.07. The molecule has 1 aliphatic rings. The molecule has 5 rings (SSSR count). The van der Waals surface area contributed by atoms with Crippen LogP contribution in [-0.2, 0) is 13.0 Å². The van der Waals surface area contributed by atoms with Gasteiger partial charge in [0.25, 0.3) is 11.8 Å². The Hall–Kier alpha value is -5.02.